The average Bonchev–Trinajstić information content (AvgIpc) is 3.22. The molecule has 4 rings (SSSR count). The monoisotopic (exact) mass is 933 g/mol. The number of hydrogen-bond donors (Lipinski definition) is 8. The highest BCUT2D eigenvalue weighted by molar-refractivity contribution is 5.95. The third-order valence-electron chi connectivity index (χ3n) is 10.6. The van der Waals surface area contributed by atoms with Crippen LogP contribution in [0.4, 0.5) is 26.3 Å². The first-order valence-corrected chi connectivity index (χ1v) is 21.1. The standard InChI is InChI=1S/C39H59N7O5.2C2HF3O2/c1-28(2)23-33(36(49)42-32(15-9-10-18-40)38(51)46-19-16-39(17-20-46)26-45(27-39)21-22-47)44-37(50)34(25-30-13-7-4-8-14-30)43-35(48)31(41)24-29-11-5-3-6-12-29;2*3-2(4,5)1(6)7/h3-8,11-14,28,31-34,47H,9-10,15-27,40-41H2,1-2H3,(H,42,49)(H,43,48)(H,44,50);2*(H,6,7). The topological polar surface area (TPSA) is 258 Å². The molecule has 2 fully saturated rings. The largest absolute Gasteiger partial charge is 0.490 e. The number of rotatable bonds is 19. The van der Waals surface area contributed by atoms with Crippen molar-refractivity contribution >= 4 is 35.6 Å². The number of benzene rings is 2. The maximum Gasteiger partial charge on any atom is 0.490 e. The number of nitrogens with two attached hydrogens (primary N) is 2. The predicted molar refractivity (Wildman–Crippen MR) is 226 cm³/mol. The Bertz CT molecular complexity index is 1780. The van der Waals surface area contributed by atoms with Crippen molar-refractivity contribution in [3.63, 3.8) is 0 Å². The molecule has 2 saturated heterocycles. The predicted octanol–water partition coefficient (Wildman–Crippen LogP) is 2.61. The van der Waals surface area contributed by atoms with Crippen molar-refractivity contribution in [2.45, 2.75) is 102 Å². The Morgan fingerprint density at radius 1 is 0.708 bits per heavy atom. The summed E-state index contributed by atoms with van der Waals surface area (Å²) in [5.74, 6) is -6.96. The van der Waals surface area contributed by atoms with Gasteiger partial charge in [0.1, 0.15) is 18.1 Å². The molecule has 0 saturated carbocycles. The van der Waals surface area contributed by atoms with Crippen LogP contribution < -0.4 is 27.4 Å². The van der Waals surface area contributed by atoms with Gasteiger partial charge in [-0.25, -0.2) is 9.59 Å². The van der Waals surface area contributed by atoms with Crippen LogP contribution in [0.1, 0.15) is 63.5 Å². The molecule has 10 N–H and O–H groups in total. The number of hydrogen-bond acceptors (Lipinski definition) is 10. The van der Waals surface area contributed by atoms with E-state index in [0.717, 1.165) is 43.5 Å². The first-order chi connectivity index (χ1) is 30.4. The molecule has 16 nitrogen and oxygen atoms in total. The van der Waals surface area contributed by atoms with Crippen molar-refractivity contribution in [3.8, 4) is 0 Å². The molecule has 2 heterocycles. The SMILES string of the molecule is CC(C)CC(NC(=O)C(Cc1ccccc1)NC(=O)C(N)Cc1ccccc1)C(=O)NC(CCCCN)C(=O)N1CCC2(CC1)CN(CCO)C2.O=C(O)C(F)(F)F.O=C(O)C(F)(F)F. The van der Waals surface area contributed by atoms with Gasteiger partial charge in [0, 0.05) is 39.1 Å². The van der Waals surface area contributed by atoms with Crippen LogP contribution in [0.25, 0.3) is 0 Å². The molecule has 4 atom stereocenters. The quantitative estimate of drug-likeness (QED) is 0.0748. The zero-order valence-electron chi connectivity index (χ0n) is 36.4. The van der Waals surface area contributed by atoms with Gasteiger partial charge in [-0.15, -0.1) is 0 Å². The molecule has 2 aliphatic heterocycles. The first-order valence-electron chi connectivity index (χ1n) is 21.1. The van der Waals surface area contributed by atoms with Crippen LogP contribution in [-0.2, 0) is 41.6 Å². The minimum atomic E-state index is -5.08. The number of nitrogens with one attached hydrogen (secondary N) is 3. The number of piperidine rings is 1. The summed E-state index contributed by atoms with van der Waals surface area (Å²) in [4.78, 5) is 77.0. The number of carbonyl (C=O) groups excluding carboxylic acids is 4. The van der Waals surface area contributed by atoms with E-state index < -0.39 is 66.2 Å². The van der Waals surface area contributed by atoms with E-state index in [9.17, 15) is 50.6 Å². The fourth-order valence-electron chi connectivity index (χ4n) is 7.24. The summed E-state index contributed by atoms with van der Waals surface area (Å²) in [5.41, 5.74) is 14.0. The van der Waals surface area contributed by atoms with Crippen LogP contribution in [0, 0.1) is 11.3 Å². The van der Waals surface area contributed by atoms with Gasteiger partial charge in [-0.3, -0.25) is 24.1 Å². The maximum atomic E-state index is 14.0. The van der Waals surface area contributed by atoms with Gasteiger partial charge in [0.15, 0.2) is 0 Å². The molecule has 1 spiro atoms. The Morgan fingerprint density at radius 2 is 1.15 bits per heavy atom. The molecule has 2 aromatic carbocycles. The Labute approximate surface area is 373 Å². The van der Waals surface area contributed by atoms with Gasteiger partial charge >= 0.3 is 24.3 Å². The number of likely N-dealkylation sites (tertiary alicyclic amines) is 2. The number of carboxylic acids is 2. The highest BCUT2D eigenvalue weighted by Crippen LogP contribution is 2.40. The number of halogens is 6. The lowest BCUT2D eigenvalue weighted by atomic mass is 9.72. The molecule has 364 valence electrons. The Hall–Kier alpha value is -5.32. The number of alkyl halides is 6. The lowest BCUT2D eigenvalue weighted by molar-refractivity contribution is -0.193. The smallest absolute Gasteiger partial charge is 0.475 e. The zero-order valence-corrected chi connectivity index (χ0v) is 36.4. The van der Waals surface area contributed by atoms with E-state index in [0.29, 0.717) is 51.9 Å². The summed E-state index contributed by atoms with van der Waals surface area (Å²) in [5, 5.41) is 32.3. The van der Waals surface area contributed by atoms with Gasteiger partial charge in [-0.2, -0.15) is 26.3 Å². The minimum absolute atomic E-state index is 0.0556. The van der Waals surface area contributed by atoms with E-state index in [1.807, 2.05) is 79.4 Å². The number of nitrogens with zero attached hydrogens (tertiary/aromatic N) is 2. The molecule has 65 heavy (non-hydrogen) atoms. The van der Waals surface area contributed by atoms with Crippen LogP contribution in [-0.4, -0.2) is 143 Å². The number of aliphatic hydroxyl groups excluding tert-OH is 1. The van der Waals surface area contributed by atoms with Crippen LogP contribution in [0.2, 0.25) is 0 Å². The van der Waals surface area contributed by atoms with E-state index in [-0.39, 0.29) is 30.3 Å². The summed E-state index contributed by atoms with van der Waals surface area (Å²) in [6.07, 6.45) is -5.68. The number of unbranched alkanes of at least 4 members (excludes halogenated alkanes) is 1. The number of β-amino-alcohol motifs (C(OH)–C–C–N with tert-alkyl or cyclic N) is 1. The molecule has 2 aromatic rings. The van der Waals surface area contributed by atoms with E-state index >= 15 is 0 Å². The summed E-state index contributed by atoms with van der Waals surface area (Å²) >= 11 is 0. The molecule has 2 aliphatic rings. The van der Waals surface area contributed by atoms with Crippen LogP contribution in [0.15, 0.2) is 60.7 Å². The number of aliphatic hydroxyl groups is 1. The van der Waals surface area contributed by atoms with Crippen molar-refractivity contribution < 1.29 is 70.4 Å². The summed E-state index contributed by atoms with van der Waals surface area (Å²) < 4.78 is 63.5. The maximum absolute atomic E-state index is 14.0. The lowest BCUT2D eigenvalue weighted by Crippen LogP contribution is -2.62. The molecule has 0 radical (unpaired) electrons. The van der Waals surface area contributed by atoms with Gasteiger partial charge in [0.05, 0.1) is 12.6 Å². The van der Waals surface area contributed by atoms with Crippen molar-refractivity contribution in [2.75, 3.05) is 45.9 Å². The van der Waals surface area contributed by atoms with Crippen molar-refractivity contribution in [1.82, 2.24) is 25.8 Å². The fraction of sp³-hybridized carbons (Fsp3) is 0.581. The summed E-state index contributed by atoms with van der Waals surface area (Å²) in [6, 6.07) is 15.3. The van der Waals surface area contributed by atoms with Gasteiger partial charge in [-0.1, -0.05) is 74.5 Å². The third-order valence-corrected chi connectivity index (χ3v) is 10.6. The molecule has 0 aliphatic carbocycles. The van der Waals surface area contributed by atoms with Crippen molar-refractivity contribution in [2.24, 2.45) is 22.8 Å². The van der Waals surface area contributed by atoms with E-state index in [2.05, 4.69) is 20.9 Å². The van der Waals surface area contributed by atoms with E-state index in [4.69, 9.17) is 31.3 Å². The van der Waals surface area contributed by atoms with Crippen molar-refractivity contribution in [3.05, 3.63) is 71.8 Å². The molecule has 0 aromatic heterocycles. The van der Waals surface area contributed by atoms with E-state index in [1.54, 1.807) is 0 Å². The van der Waals surface area contributed by atoms with Gasteiger partial charge in [-0.05, 0) is 74.0 Å². The second kappa shape index (κ2) is 26.6. The third kappa shape index (κ3) is 20.2. The van der Waals surface area contributed by atoms with Crippen LogP contribution in [0.5, 0.6) is 0 Å². The Balaban J connectivity index is 0.000000894. The number of carbonyl (C=O) groups is 6. The second-order valence-electron chi connectivity index (χ2n) is 16.4. The molecule has 0 bridgehead atoms. The van der Waals surface area contributed by atoms with Crippen LogP contribution >= 0.6 is 0 Å². The first kappa shape index (κ1) is 55.8. The normalized spacial score (nSPS) is 16.5. The molecular formula is C43H61F6N7O9. The van der Waals surface area contributed by atoms with Gasteiger partial charge in [0.2, 0.25) is 23.6 Å². The van der Waals surface area contributed by atoms with Gasteiger partial charge in [0.25, 0.3) is 0 Å². The van der Waals surface area contributed by atoms with Crippen molar-refractivity contribution in [1.29, 1.82) is 0 Å². The number of carboxylic acid groups (broad SMARTS) is 2. The lowest BCUT2D eigenvalue weighted by Gasteiger charge is -2.54. The summed E-state index contributed by atoms with van der Waals surface area (Å²) in [6.45, 7) is 8.36. The molecule has 22 heteroatoms. The Morgan fingerprint density at radius 3 is 1.60 bits per heavy atom. The zero-order chi connectivity index (χ0) is 49.0. The molecule has 4 amide bonds. The highest BCUT2D eigenvalue weighted by Gasteiger charge is 2.46. The minimum Gasteiger partial charge on any atom is -0.475 e. The fourth-order valence-corrected chi connectivity index (χ4v) is 7.24. The van der Waals surface area contributed by atoms with Gasteiger partial charge < -0.3 is 47.6 Å². The Kier molecular flexibility index (Phi) is 22.8. The van der Waals surface area contributed by atoms with E-state index in [1.165, 1.54) is 0 Å². The van der Waals surface area contributed by atoms with Crippen LogP contribution in [0.3, 0.4) is 0 Å². The second-order valence-corrected chi connectivity index (χ2v) is 16.4. The molecule has 4 unspecified atom stereocenters. The average molecular weight is 934 g/mol. The number of amides is 4. The molecular weight excluding hydrogens is 873 g/mol. The summed E-state index contributed by atoms with van der Waals surface area (Å²) in [7, 11) is 0. The highest BCUT2D eigenvalue weighted by atomic mass is 19.4. The number of aliphatic carboxylic acids is 2.